The lowest BCUT2D eigenvalue weighted by Gasteiger charge is -2.36. The van der Waals surface area contributed by atoms with Crippen molar-refractivity contribution in [2.24, 2.45) is 0 Å². The molecule has 16 heavy (non-hydrogen) atoms. The highest BCUT2D eigenvalue weighted by molar-refractivity contribution is 5.71. The molecule has 0 aliphatic heterocycles. The Morgan fingerprint density at radius 2 is 2.12 bits per heavy atom. The van der Waals surface area contributed by atoms with Crippen LogP contribution in [0.2, 0.25) is 0 Å². The zero-order valence-corrected chi connectivity index (χ0v) is 9.24. The molecule has 0 nitrogen and oxygen atoms in total. The van der Waals surface area contributed by atoms with Crippen LogP contribution < -0.4 is 0 Å². The average Bonchev–Trinajstić information content (AvgIpc) is 2.71. The molecule has 0 heterocycles. The zero-order valence-electron chi connectivity index (χ0n) is 9.24. The van der Waals surface area contributed by atoms with Crippen LogP contribution in [0.3, 0.4) is 0 Å². The standard InChI is InChI=1S/C16H14/c1-2-10-16-11-9-13-5-3-4-12(15(13)16)7-8-14(16)6-1/h1-8H,9-11H2. The van der Waals surface area contributed by atoms with E-state index in [0.717, 1.165) is 0 Å². The number of aryl methyl sites for hydroxylation is 1. The summed E-state index contributed by atoms with van der Waals surface area (Å²) < 4.78 is 0. The number of hydrogen-bond donors (Lipinski definition) is 0. The quantitative estimate of drug-likeness (QED) is 0.606. The Morgan fingerprint density at radius 3 is 3.12 bits per heavy atom. The minimum Gasteiger partial charge on any atom is -0.0833 e. The van der Waals surface area contributed by atoms with Gasteiger partial charge < -0.3 is 0 Å². The maximum Gasteiger partial charge on any atom is 0.0249 e. The molecule has 1 spiro atoms. The number of benzene rings is 1. The Bertz CT molecular complexity index is 557. The summed E-state index contributed by atoms with van der Waals surface area (Å²) in [5.74, 6) is 0. The molecule has 0 N–H and O–H groups in total. The molecule has 3 aliphatic carbocycles. The van der Waals surface area contributed by atoms with E-state index in [0.29, 0.717) is 5.41 Å². The zero-order chi connectivity index (χ0) is 10.6. The number of allylic oxidation sites excluding steroid dienone is 5. The van der Waals surface area contributed by atoms with Crippen LogP contribution in [0.4, 0.5) is 0 Å². The van der Waals surface area contributed by atoms with Gasteiger partial charge in [0.05, 0.1) is 0 Å². The molecule has 0 saturated carbocycles. The lowest BCUT2D eigenvalue weighted by Crippen LogP contribution is -2.28. The van der Waals surface area contributed by atoms with Gasteiger partial charge in [-0.05, 0) is 41.5 Å². The fourth-order valence-electron chi connectivity index (χ4n) is 3.63. The summed E-state index contributed by atoms with van der Waals surface area (Å²) in [6, 6.07) is 6.77. The molecule has 0 aromatic heterocycles. The van der Waals surface area contributed by atoms with E-state index in [4.69, 9.17) is 0 Å². The summed E-state index contributed by atoms with van der Waals surface area (Å²) >= 11 is 0. The normalized spacial score (nSPS) is 28.6. The van der Waals surface area contributed by atoms with E-state index in [2.05, 4.69) is 48.6 Å². The second-order valence-electron chi connectivity index (χ2n) is 5.05. The molecule has 1 atom stereocenters. The Kier molecular flexibility index (Phi) is 1.48. The summed E-state index contributed by atoms with van der Waals surface area (Å²) in [6.45, 7) is 0. The van der Waals surface area contributed by atoms with Crippen LogP contribution >= 0.6 is 0 Å². The van der Waals surface area contributed by atoms with Gasteiger partial charge in [-0.3, -0.25) is 0 Å². The number of hydrogen-bond acceptors (Lipinski definition) is 0. The van der Waals surface area contributed by atoms with Crippen molar-refractivity contribution >= 4 is 6.08 Å². The van der Waals surface area contributed by atoms with Crippen LogP contribution in [0.15, 0.2) is 48.1 Å². The van der Waals surface area contributed by atoms with E-state index in [1.807, 2.05) is 0 Å². The van der Waals surface area contributed by atoms with Gasteiger partial charge in [0, 0.05) is 5.41 Å². The predicted molar refractivity (Wildman–Crippen MR) is 67.3 cm³/mol. The third-order valence-corrected chi connectivity index (χ3v) is 4.36. The fraction of sp³-hybridized carbons (Fsp3) is 0.250. The van der Waals surface area contributed by atoms with Crippen molar-refractivity contribution in [3.05, 3.63) is 64.8 Å². The van der Waals surface area contributed by atoms with Crippen molar-refractivity contribution in [1.29, 1.82) is 0 Å². The molecular formula is C16H14. The van der Waals surface area contributed by atoms with Crippen LogP contribution in [-0.4, -0.2) is 0 Å². The van der Waals surface area contributed by atoms with Gasteiger partial charge in [-0.25, -0.2) is 0 Å². The lowest BCUT2D eigenvalue weighted by atomic mass is 9.67. The van der Waals surface area contributed by atoms with Crippen molar-refractivity contribution in [3.63, 3.8) is 0 Å². The highest BCUT2D eigenvalue weighted by Gasteiger charge is 2.43. The summed E-state index contributed by atoms with van der Waals surface area (Å²) in [5.41, 5.74) is 6.49. The van der Waals surface area contributed by atoms with Gasteiger partial charge in [0.15, 0.2) is 0 Å². The lowest BCUT2D eigenvalue weighted by molar-refractivity contribution is 0.508. The molecule has 0 saturated heterocycles. The van der Waals surface area contributed by atoms with Gasteiger partial charge in [-0.1, -0.05) is 48.6 Å². The first-order chi connectivity index (χ1) is 7.90. The van der Waals surface area contributed by atoms with E-state index < -0.39 is 0 Å². The Balaban J connectivity index is 2.09. The van der Waals surface area contributed by atoms with Crippen molar-refractivity contribution in [3.8, 4) is 0 Å². The maximum atomic E-state index is 2.33. The second kappa shape index (κ2) is 2.76. The molecule has 0 amide bonds. The Hall–Kier alpha value is -1.56. The molecule has 0 fully saturated rings. The Labute approximate surface area is 96.0 Å². The topological polar surface area (TPSA) is 0 Å². The van der Waals surface area contributed by atoms with E-state index in [9.17, 15) is 0 Å². The van der Waals surface area contributed by atoms with E-state index in [1.165, 1.54) is 30.4 Å². The summed E-state index contributed by atoms with van der Waals surface area (Å²) in [5, 5.41) is 0. The molecule has 3 aliphatic rings. The highest BCUT2D eigenvalue weighted by atomic mass is 14.5. The van der Waals surface area contributed by atoms with Crippen molar-refractivity contribution < 1.29 is 0 Å². The largest absolute Gasteiger partial charge is 0.0833 e. The molecule has 0 bridgehead atoms. The first kappa shape index (κ1) is 8.58. The minimum atomic E-state index is 0.329. The average molecular weight is 206 g/mol. The first-order valence-corrected chi connectivity index (χ1v) is 6.08. The van der Waals surface area contributed by atoms with Gasteiger partial charge in [-0.15, -0.1) is 0 Å². The van der Waals surface area contributed by atoms with Crippen molar-refractivity contribution in [2.45, 2.75) is 24.7 Å². The van der Waals surface area contributed by atoms with E-state index >= 15 is 0 Å². The third-order valence-electron chi connectivity index (χ3n) is 4.36. The van der Waals surface area contributed by atoms with Crippen LogP contribution in [-0.2, 0) is 11.8 Å². The molecule has 4 rings (SSSR count). The highest BCUT2D eigenvalue weighted by Crippen LogP contribution is 2.52. The first-order valence-electron chi connectivity index (χ1n) is 6.08. The summed E-state index contributed by atoms with van der Waals surface area (Å²) in [6.07, 6.45) is 15.2. The molecule has 1 unspecified atom stereocenters. The van der Waals surface area contributed by atoms with Crippen molar-refractivity contribution in [2.75, 3.05) is 0 Å². The van der Waals surface area contributed by atoms with Gasteiger partial charge >= 0.3 is 0 Å². The van der Waals surface area contributed by atoms with Crippen LogP contribution in [0.5, 0.6) is 0 Å². The number of rotatable bonds is 0. The van der Waals surface area contributed by atoms with Crippen LogP contribution in [0.25, 0.3) is 6.08 Å². The molecule has 78 valence electrons. The van der Waals surface area contributed by atoms with Gasteiger partial charge in [-0.2, -0.15) is 0 Å². The fourth-order valence-corrected chi connectivity index (χ4v) is 3.63. The molecule has 0 heteroatoms. The van der Waals surface area contributed by atoms with Crippen LogP contribution in [0.1, 0.15) is 29.5 Å². The van der Waals surface area contributed by atoms with Crippen molar-refractivity contribution in [1.82, 2.24) is 0 Å². The van der Waals surface area contributed by atoms with Gasteiger partial charge in [0.1, 0.15) is 0 Å². The van der Waals surface area contributed by atoms with Crippen LogP contribution in [0, 0.1) is 0 Å². The van der Waals surface area contributed by atoms with Gasteiger partial charge in [0.25, 0.3) is 0 Å². The Morgan fingerprint density at radius 1 is 1.12 bits per heavy atom. The summed E-state index contributed by atoms with van der Waals surface area (Å²) in [7, 11) is 0. The molecule has 1 aromatic carbocycles. The third kappa shape index (κ3) is 0.863. The predicted octanol–water partition coefficient (Wildman–Crippen LogP) is 3.78. The molecule has 1 aromatic rings. The monoisotopic (exact) mass is 206 g/mol. The molecule has 0 radical (unpaired) electrons. The minimum absolute atomic E-state index is 0.329. The second-order valence-corrected chi connectivity index (χ2v) is 5.05. The summed E-state index contributed by atoms with van der Waals surface area (Å²) in [4.78, 5) is 0. The van der Waals surface area contributed by atoms with E-state index in [-0.39, 0.29) is 0 Å². The van der Waals surface area contributed by atoms with E-state index in [1.54, 1.807) is 11.1 Å². The van der Waals surface area contributed by atoms with Gasteiger partial charge in [0.2, 0.25) is 0 Å². The molecular weight excluding hydrogens is 192 g/mol. The SMILES string of the molecule is C1=CCC23CCc4cccc(c42)C=CC3=C1. The maximum absolute atomic E-state index is 2.33. The smallest absolute Gasteiger partial charge is 0.0249 e.